The second-order valence-corrected chi connectivity index (χ2v) is 6.57. The highest BCUT2D eigenvalue weighted by Crippen LogP contribution is 2.19. The second kappa shape index (κ2) is 7.85. The first-order chi connectivity index (χ1) is 8.92. The average Bonchev–Trinajstić information content (AvgIpc) is 2.34. The smallest absolute Gasteiger partial charge is 0.310 e. The third-order valence-corrected chi connectivity index (χ3v) is 3.50. The molecule has 0 aliphatic carbocycles. The monoisotopic (exact) mass is 270 g/mol. The average molecular weight is 270 g/mol. The van der Waals surface area contributed by atoms with E-state index in [1.807, 2.05) is 0 Å². The molecule has 4 heteroatoms. The molecule has 112 valence electrons. The normalized spacial score (nSPS) is 25.0. The molecular weight excluding hydrogens is 240 g/mol. The Hall–Kier alpha value is -0.610. The molecule has 1 aliphatic rings. The number of ether oxygens (including phenoxy) is 1. The van der Waals surface area contributed by atoms with Gasteiger partial charge < -0.3 is 15.0 Å². The molecule has 1 rings (SSSR count). The quantitative estimate of drug-likeness (QED) is 0.747. The summed E-state index contributed by atoms with van der Waals surface area (Å²) in [4.78, 5) is 14.2. The van der Waals surface area contributed by atoms with E-state index >= 15 is 0 Å². The molecule has 1 saturated heterocycles. The van der Waals surface area contributed by atoms with Gasteiger partial charge in [0, 0.05) is 25.7 Å². The van der Waals surface area contributed by atoms with Crippen molar-refractivity contribution in [1.82, 2.24) is 10.2 Å². The number of nitrogens with one attached hydrogen (secondary N) is 1. The maximum absolute atomic E-state index is 11.8. The van der Waals surface area contributed by atoms with E-state index in [-0.39, 0.29) is 11.9 Å². The number of hydrogen-bond acceptors (Lipinski definition) is 4. The van der Waals surface area contributed by atoms with E-state index in [9.17, 15) is 4.79 Å². The zero-order valence-electron chi connectivity index (χ0n) is 13.1. The van der Waals surface area contributed by atoms with Gasteiger partial charge in [-0.3, -0.25) is 4.79 Å². The van der Waals surface area contributed by atoms with Crippen molar-refractivity contribution in [3.63, 3.8) is 0 Å². The van der Waals surface area contributed by atoms with Crippen LogP contribution in [0.3, 0.4) is 0 Å². The number of carbonyl (C=O) groups is 1. The Morgan fingerprint density at radius 2 is 1.95 bits per heavy atom. The van der Waals surface area contributed by atoms with Gasteiger partial charge in [-0.15, -0.1) is 0 Å². The lowest BCUT2D eigenvalue weighted by Gasteiger charge is -2.38. The molecule has 2 atom stereocenters. The standard InChI is InChI=1S/C15H30N2O2/c1-11(2)7-16-14-6-13(15(18)19-5)9-17(10-14)8-12(3)4/h11-14,16H,6-10H2,1-5H3. The van der Waals surface area contributed by atoms with Crippen LogP contribution in [0.4, 0.5) is 0 Å². The van der Waals surface area contributed by atoms with Crippen LogP contribution in [0.25, 0.3) is 0 Å². The van der Waals surface area contributed by atoms with Gasteiger partial charge >= 0.3 is 5.97 Å². The molecule has 1 aliphatic heterocycles. The number of piperidine rings is 1. The van der Waals surface area contributed by atoms with Crippen LogP contribution in [0, 0.1) is 17.8 Å². The van der Waals surface area contributed by atoms with E-state index in [0.717, 1.165) is 32.6 Å². The molecule has 19 heavy (non-hydrogen) atoms. The van der Waals surface area contributed by atoms with Crippen LogP contribution in [0.5, 0.6) is 0 Å². The van der Waals surface area contributed by atoms with Crippen LogP contribution in [0.2, 0.25) is 0 Å². The van der Waals surface area contributed by atoms with Crippen LogP contribution in [-0.2, 0) is 9.53 Å². The molecule has 1 heterocycles. The maximum atomic E-state index is 11.8. The van der Waals surface area contributed by atoms with E-state index < -0.39 is 0 Å². The number of hydrogen-bond donors (Lipinski definition) is 1. The third-order valence-electron chi connectivity index (χ3n) is 3.50. The van der Waals surface area contributed by atoms with Gasteiger partial charge in [-0.2, -0.15) is 0 Å². The third kappa shape index (κ3) is 5.91. The van der Waals surface area contributed by atoms with Crippen molar-refractivity contribution in [3.8, 4) is 0 Å². The minimum Gasteiger partial charge on any atom is -0.469 e. The molecule has 4 nitrogen and oxygen atoms in total. The summed E-state index contributed by atoms with van der Waals surface area (Å²) in [5, 5.41) is 3.58. The molecule has 0 bridgehead atoms. The summed E-state index contributed by atoms with van der Waals surface area (Å²) in [6.07, 6.45) is 0.897. The molecule has 0 radical (unpaired) electrons. The van der Waals surface area contributed by atoms with Gasteiger partial charge in [0.25, 0.3) is 0 Å². The van der Waals surface area contributed by atoms with Gasteiger partial charge in [0.2, 0.25) is 0 Å². The summed E-state index contributed by atoms with van der Waals surface area (Å²) in [5.74, 6) is 1.21. The van der Waals surface area contributed by atoms with Gasteiger partial charge in [-0.25, -0.2) is 0 Å². The predicted octanol–water partition coefficient (Wildman–Crippen LogP) is 1.75. The molecule has 0 saturated carbocycles. The fourth-order valence-corrected chi connectivity index (χ4v) is 2.74. The Morgan fingerprint density at radius 1 is 1.26 bits per heavy atom. The van der Waals surface area contributed by atoms with E-state index in [1.165, 1.54) is 7.11 Å². The van der Waals surface area contributed by atoms with Gasteiger partial charge in [-0.05, 0) is 24.8 Å². The first kappa shape index (κ1) is 16.4. The Bertz CT molecular complexity index is 279. The zero-order valence-corrected chi connectivity index (χ0v) is 13.1. The molecule has 0 aromatic heterocycles. The number of nitrogens with zero attached hydrogens (tertiary/aromatic N) is 1. The second-order valence-electron chi connectivity index (χ2n) is 6.57. The molecule has 0 aromatic carbocycles. The van der Waals surface area contributed by atoms with Crippen LogP contribution in [0.15, 0.2) is 0 Å². The molecule has 2 unspecified atom stereocenters. The molecular formula is C15H30N2O2. The van der Waals surface area contributed by atoms with E-state index in [1.54, 1.807) is 0 Å². The summed E-state index contributed by atoms with van der Waals surface area (Å²) in [5.41, 5.74) is 0. The van der Waals surface area contributed by atoms with Crippen molar-refractivity contribution in [2.75, 3.05) is 33.3 Å². The number of rotatable bonds is 6. The Labute approximate surface area is 117 Å². The summed E-state index contributed by atoms with van der Waals surface area (Å²) < 4.78 is 4.92. The first-order valence-electron chi connectivity index (χ1n) is 7.45. The number of carbonyl (C=O) groups excluding carboxylic acids is 1. The highest BCUT2D eigenvalue weighted by atomic mass is 16.5. The van der Waals surface area contributed by atoms with Crippen LogP contribution in [0.1, 0.15) is 34.1 Å². The number of methoxy groups -OCH3 is 1. The van der Waals surface area contributed by atoms with Gasteiger partial charge in [-0.1, -0.05) is 27.7 Å². The van der Waals surface area contributed by atoms with Crippen molar-refractivity contribution in [2.24, 2.45) is 17.8 Å². The SMILES string of the molecule is COC(=O)C1CC(NCC(C)C)CN(CC(C)C)C1. The Kier molecular flexibility index (Phi) is 6.80. The van der Waals surface area contributed by atoms with Crippen molar-refractivity contribution in [2.45, 2.75) is 40.2 Å². The summed E-state index contributed by atoms with van der Waals surface area (Å²) >= 11 is 0. The maximum Gasteiger partial charge on any atom is 0.310 e. The molecule has 0 amide bonds. The lowest BCUT2D eigenvalue weighted by molar-refractivity contribution is -0.147. The van der Waals surface area contributed by atoms with Crippen molar-refractivity contribution >= 4 is 5.97 Å². The van der Waals surface area contributed by atoms with Gasteiger partial charge in [0.15, 0.2) is 0 Å². The largest absolute Gasteiger partial charge is 0.469 e. The molecule has 1 N–H and O–H groups in total. The molecule has 1 fully saturated rings. The Morgan fingerprint density at radius 3 is 2.47 bits per heavy atom. The number of likely N-dealkylation sites (tertiary alicyclic amines) is 1. The van der Waals surface area contributed by atoms with E-state index in [0.29, 0.717) is 17.9 Å². The molecule has 0 aromatic rings. The highest BCUT2D eigenvalue weighted by Gasteiger charge is 2.32. The highest BCUT2D eigenvalue weighted by molar-refractivity contribution is 5.72. The predicted molar refractivity (Wildman–Crippen MR) is 78.0 cm³/mol. The van der Waals surface area contributed by atoms with Crippen molar-refractivity contribution in [3.05, 3.63) is 0 Å². The van der Waals surface area contributed by atoms with E-state index in [4.69, 9.17) is 4.74 Å². The van der Waals surface area contributed by atoms with Gasteiger partial charge in [0.1, 0.15) is 0 Å². The fourth-order valence-electron chi connectivity index (χ4n) is 2.74. The lowest BCUT2D eigenvalue weighted by Crippen LogP contribution is -2.52. The van der Waals surface area contributed by atoms with Gasteiger partial charge in [0.05, 0.1) is 13.0 Å². The summed E-state index contributed by atoms with van der Waals surface area (Å²) in [7, 11) is 1.49. The number of esters is 1. The topological polar surface area (TPSA) is 41.6 Å². The lowest BCUT2D eigenvalue weighted by atomic mass is 9.93. The minimum atomic E-state index is -0.0650. The Balaban J connectivity index is 2.58. The zero-order chi connectivity index (χ0) is 14.4. The van der Waals surface area contributed by atoms with Crippen LogP contribution < -0.4 is 5.32 Å². The summed E-state index contributed by atoms with van der Waals surface area (Å²) in [6.45, 7) is 12.8. The summed E-state index contributed by atoms with van der Waals surface area (Å²) in [6, 6.07) is 0.402. The van der Waals surface area contributed by atoms with E-state index in [2.05, 4.69) is 37.9 Å². The first-order valence-corrected chi connectivity index (χ1v) is 7.45. The van der Waals surface area contributed by atoms with Crippen LogP contribution >= 0.6 is 0 Å². The van der Waals surface area contributed by atoms with Crippen molar-refractivity contribution < 1.29 is 9.53 Å². The van der Waals surface area contributed by atoms with Crippen LogP contribution in [-0.4, -0.2) is 50.2 Å². The van der Waals surface area contributed by atoms with Crippen molar-refractivity contribution in [1.29, 1.82) is 0 Å². The fraction of sp³-hybridized carbons (Fsp3) is 0.933. The minimum absolute atomic E-state index is 0.0159. The molecule has 0 spiro atoms.